The first kappa shape index (κ1) is 20.0. The van der Waals surface area contributed by atoms with Crippen molar-refractivity contribution in [2.75, 3.05) is 0 Å². The number of H-pyrrole nitrogens is 2. The van der Waals surface area contributed by atoms with E-state index in [-0.39, 0.29) is 11.6 Å². The first-order valence-corrected chi connectivity index (χ1v) is 9.04. The maximum Gasteiger partial charge on any atom is 0.573 e. The molecule has 0 aliphatic carbocycles. The van der Waals surface area contributed by atoms with E-state index in [2.05, 4.69) is 24.5 Å². The van der Waals surface area contributed by atoms with Gasteiger partial charge < -0.3 is 9.72 Å². The van der Waals surface area contributed by atoms with Gasteiger partial charge in [-0.2, -0.15) is 9.83 Å². The van der Waals surface area contributed by atoms with E-state index < -0.39 is 12.1 Å². The summed E-state index contributed by atoms with van der Waals surface area (Å²) in [4.78, 5) is 25.9. The lowest BCUT2D eigenvalue weighted by Gasteiger charge is -2.07. The highest BCUT2D eigenvalue weighted by Crippen LogP contribution is 2.28. The molecule has 0 unspecified atom stereocenters. The summed E-state index contributed by atoms with van der Waals surface area (Å²) >= 11 is 0. The second kappa shape index (κ2) is 7.53. The van der Waals surface area contributed by atoms with E-state index in [1.54, 1.807) is 43.3 Å². The van der Waals surface area contributed by atoms with Crippen molar-refractivity contribution in [2.24, 2.45) is 0 Å². The van der Waals surface area contributed by atoms with E-state index in [1.165, 1.54) is 22.8 Å². The summed E-state index contributed by atoms with van der Waals surface area (Å²) in [5, 5.41) is 0. The Bertz CT molecular complexity index is 1390. The lowest BCUT2D eigenvalue weighted by molar-refractivity contribution is -0.274. The van der Waals surface area contributed by atoms with E-state index in [9.17, 15) is 18.0 Å². The molecule has 4 rings (SSSR count). The second-order valence-electron chi connectivity index (χ2n) is 6.49. The van der Waals surface area contributed by atoms with Crippen molar-refractivity contribution in [1.82, 2.24) is 19.5 Å². The molecule has 0 bridgehead atoms. The zero-order valence-corrected chi connectivity index (χ0v) is 16.1. The van der Waals surface area contributed by atoms with Gasteiger partial charge in [-0.05, 0) is 49.4 Å². The number of ether oxygens (including phenoxy) is 1. The van der Waals surface area contributed by atoms with Gasteiger partial charge in [-0.25, -0.2) is 14.3 Å². The molecule has 0 radical (unpaired) electrons. The summed E-state index contributed by atoms with van der Waals surface area (Å²) in [5.41, 5.74) is 2.24. The molecule has 4 aromatic rings. The third-order valence-corrected chi connectivity index (χ3v) is 4.45. The maximum absolute atomic E-state index is 12.4. The Balaban J connectivity index is 1.69. The van der Waals surface area contributed by atoms with E-state index in [4.69, 9.17) is 6.57 Å². The largest absolute Gasteiger partial charge is 0.573 e. The molecule has 0 spiro atoms. The van der Waals surface area contributed by atoms with Crippen molar-refractivity contribution < 1.29 is 17.9 Å². The summed E-state index contributed by atoms with van der Waals surface area (Å²) < 4.78 is 42.6. The van der Waals surface area contributed by atoms with Crippen LogP contribution in [0.5, 0.6) is 5.75 Å². The summed E-state index contributed by atoms with van der Waals surface area (Å²) in [5.74, 6) is 0.370. The first-order chi connectivity index (χ1) is 14.8. The molecule has 2 aromatic heterocycles. The average Bonchev–Trinajstić information content (AvgIpc) is 3.27. The lowest BCUT2D eigenvalue weighted by atomic mass is 10.2. The molecule has 156 valence electrons. The number of aromatic nitrogens is 4. The number of aromatic amines is 2. The zero-order valence-electron chi connectivity index (χ0n) is 16.1. The van der Waals surface area contributed by atoms with Crippen LogP contribution in [0.15, 0.2) is 53.3 Å². The van der Waals surface area contributed by atoms with Crippen molar-refractivity contribution in [3.8, 4) is 29.4 Å². The molecule has 2 N–H and O–H groups in total. The summed E-state index contributed by atoms with van der Waals surface area (Å²) in [6.07, 6.45) is -1.31. The highest BCUT2D eigenvalue weighted by Gasteiger charge is 2.31. The Kier molecular flexibility index (Phi) is 4.87. The summed E-state index contributed by atoms with van der Waals surface area (Å²) in [6.45, 7) is 7.15. The molecule has 31 heavy (non-hydrogen) atoms. The van der Waals surface area contributed by atoms with E-state index in [0.717, 1.165) is 0 Å². The van der Waals surface area contributed by atoms with Gasteiger partial charge >= 0.3 is 17.9 Å². The van der Waals surface area contributed by atoms with Crippen LogP contribution < -0.4 is 10.4 Å². The molecular weight excluding hydrogens is 411 g/mol. The Labute approximate surface area is 173 Å². The lowest BCUT2D eigenvalue weighted by Crippen LogP contribution is -2.16. The fourth-order valence-corrected chi connectivity index (χ4v) is 3.19. The van der Waals surface area contributed by atoms with Crippen LogP contribution in [0.1, 0.15) is 12.6 Å². The number of nitrogens with one attached hydrogen (secondary N) is 2. The van der Waals surface area contributed by atoms with Crippen molar-refractivity contribution in [3.63, 3.8) is 0 Å². The summed E-state index contributed by atoms with van der Waals surface area (Å²) in [7, 11) is 0. The monoisotopic (exact) mass is 426 g/mol. The molecule has 0 saturated carbocycles. The van der Waals surface area contributed by atoms with Crippen LogP contribution in [-0.2, 0) is 0 Å². The van der Waals surface area contributed by atoms with Crippen molar-refractivity contribution in [1.29, 1.82) is 0 Å². The highest BCUT2D eigenvalue weighted by molar-refractivity contribution is 5.81. The smallest absolute Gasteiger partial charge is 0.406 e. The van der Waals surface area contributed by atoms with E-state index >= 15 is 0 Å². The van der Waals surface area contributed by atoms with Crippen molar-refractivity contribution in [2.45, 2.75) is 13.3 Å². The third-order valence-electron chi connectivity index (χ3n) is 4.45. The number of fused-ring (bicyclic) bond motifs is 1. The minimum atomic E-state index is -4.77. The standard InChI is InChI=1S/C21H14F3N5O2/c1-3-4-17-19(25-2)28-20(30)29(17)13-7-5-12(6-8-13)18-26-15-10-9-14(11-16(15)27-18)31-21(22,23)24/h2-11H,1H3,(H-,26,27,28,30)/p+1. The molecule has 0 aliphatic rings. The van der Waals surface area contributed by atoms with Gasteiger partial charge in [0.15, 0.2) is 5.69 Å². The van der Waals surface area contributed by atoms with Gasteiger partial charge in [-0.3, -0.25) is 0 Å². The minimum absolute atomic E-state index is 0.251. The van der Waals surface area contributed by atoms with Gasteiger partial charge in [0.2, 0.25) is 0 Å². The number of halogens is 3. The van der Waals surface area contributed by atoms with Gasteiger partial charge in [0.25, 0.3) is 0 Å². The number of hydrogen-bond donors (Lipinski definition) is 2. The molecule has 10 heteroatoms. The molecule has 0 amide bonds. The zero-order chi connectivity index (χ0) is 22.2. The van der Waals surface area contributed by atoms with Gasteiger partial charge in [-0.1, -0.05) is 6.08 Å². The summed E-state index contributed by atoms with van der Waals surface area (Å²) in [6, 6.07) is 10.8. The van der Waals surface area contributed by atoms with E-state index in [0.29, 0.717) is 33.8 Å². The van der Waals surface area contributed by atoms with Crippen molar-refractivity contribution >= 4 is 22.9 Å². The topological polar surface area (TPSA) is 80.1 Å². The number of hydrogen-bond acceptors (Lipinski definition) is 3. The number of benzene rings is 2. The van der Waals surface area contributed by atoms with Gasteiger partial charge in [0.05, 0.1) is 16.7 Å². The third kappa shape index (κ3) is 3.93. The van der Waals surface area contributed by atoms with Crippen LogP contribution in [-0.4, -0.2) is 25.9 Å². The van der Waals surface area contributed by atoms with Gasteiger partial charge in [-0.15, -0.1) is 13.2 Å². The number of nitrogens with zero attached hydrogens (tertiary/aromatic N) is 3. The normalized spacial score (nSPS) is 11.8. The van der Waals surface area contributed by atoms with Gasteiger partial charge in [0, 0.05) is 11.6 Å². The van der Waals surface area contributed by atoms with E-state index in [1.807, 2.05) is 0 Å². The first-order valence-electron chi connectivity index (χ1n) is 9.04. The number of alkyl halides is 3. The number of rotatable bonds is 4. The SMILES string of the molecule is C#[N+]c1[nH]c(=O)n(-c2ccc(-c3nc4ccc(OC(F)(F)F)cc4[nH]3)cc2)c1C=CC. The highest BCUT2D eigenvalue weighted by atomic mass is 19.4. The fourth-order valence-electron chi connectivity index (χ4n) is 3.19. The number of allylic oxidation sites excluding steroid dienone is 1. The molecule has 0 aliphatic heterocycles. The van der Waals surface area contributed by atoms with Crippen LogP contribution in [0.25, 0.3) is 39.0 Å². The molecule has 2 heterocycles. The molecule has 7 nitrogen and oxygen atoms in total. The van der Waals surface area contributed by atoms with Crippen LogP contribution in [0, 0.1) is 6.57 Å². The molecule has 0 fully saturated rings. The van der Waals surface area contributed by atoms with Gasteiger partial charge in [0.1, 0.15) is 18.1 Å². The Morgan fingerprint density at radius 3 is 2.55 bits per heavy atom. The van der Waals surface area contributed by atoms with Crippen molar-refractivity contribution in [3.05, 3.63) is 69.6 Å². The molecule has 2 aromatic carbocycles. The van der Waals surface area contributed by atoms with Crippen LogP contribution in [0.4, 0.5) is 19.0 Å². The quantitative estimate of drug-likeness (QED) is 0.469. The van der Waals surface area contributed by atoms with Crippen LogP contribution in [0.3, 0.4) is 0 Å². The maximum atomic E-state index is 12.4. The average molecular weight is 426 g/mol. The Hall–Kier alpha value is -4.26. The predicted molar refractivity (Wildman–Crippen MR) is 111 cm³/mol. The number of imidazole rings is 2. The molecule has 0 atom stereocenters. The second-order valence-corrected chi connectivity index (χ2v) is 6.49. The minimum Gasteiger partial charge on any atom is -0.406 e. The van der Waals surface area contributed by atoms with Crippen LogP contribution >= 0.6 is 0 Å². The Morgan fingerprint density at radius 2 is 1.90 bits per heavy atom. The molecular formula is C21H15F3N5O2+. The fraction of sp³-hybridized carbons (Fsp3) is 0.0952. The van der Waals surface area contributed by atoms with Crippen LogP contribution in [0.2, 0.25) is 0 Å². The predicted octanol–water partition coefficient (Wildman–Crippen LogP) is 5.23. The Morgan fingerprint density at radius 1 is 1.16 bits per heavy atom. The molecule has 0 saturated heterocycles.